The molecule has 0 saturated carbocycles. The van der Waals surface area contributed by atoms with E-state index in [2.05, 4.69) is 115 Å². The van der Waals surface area contributed by atoms with Gasteiger partial charge in [-0.1, -0.05) is 152 Å². The molecule has 1 heterocycles. The van der Waals surface area contributed by atoms with Crippen molar-refractivity contribution >= 4 is 65.0 Å². The number of para-hydroxylation sites is 1. The van der Waals surface area contributed by atoms with Crippen molar-refractivity contribution in [3.8, 4) is 33.4 Å². The molecule has 0 fully saturated rings. The molecular formula is C46H27FO. The summed E-state index contributed by atoms with van der Waals surface area (Å²) in [5.74, 6) is -0.191. The molecule has 48 heavy (non-hydrogen) atoms. The lowest BCUT2D eigenvalue weighted by molar-refractivity contribution is 0.651. The van der Waals surface area contributed by atoms with Gasteiger partial charge in [-0.2, -0.15) is 0 Å². The lowest BCUT2D eigenvalue weighted by atomic mass is 9.86. The van der Waals surface area contributed by atoms with Crippen LogP contribution in [0.3, 0.4) is 0 Å². The summed E-state index contributed by atoms with van der Waals surface area (Å²) in [5, 5.41) is 9.92. The van der Waals surface area contributed by atoms with Crippen LogP contribution in [0.25, 0.3) is 98.4 Å². The van der Waals surface area contributed by atoms with Gasteiger partial charge in [-0.05, 0) is 66.7 Å². The number of rotatable bonds is 3. The van der Waals surface area contributed by atoms with Crippen LogP contribution in [0.1, 0.15) is 0 Å². The summed E-state index contributed by atoms with van der Waals surface area (Å²) in [6.45, 7) is 0. The normalized spacial score (nSPS) is 11.9. The van der Waals surface area contributed by atoms with Gasteiger partial charge in [0.1, 0.15) is 17.0 Å². The van der Waals surface area contributed by atoms with Gasteiger partial charge in [-0.15, -0.1) is 0 Å². The second-order valence-corrected chi connectivity index (χ2v) is 12.5. The maximum absolute atomic E-state index is 15.8. The van der Waals surface area contributed by atoms with Crippen molar-refractivity contribution in [3.05, 3.63) is 170 Å². The molecule has 0 N–H and O–H groups in total. The van der Waals surface area contributed by atoms with E-state index in [4.69, 9.17) is 4.42 Å². The van der Waals surface area contributed by atoms with Gasteiger partial charge >= 0.3 is 0 Å². The zero-order chi connectivity index (χ0) is 31.8. The average Bonchev–Trinajstić information content (AvgIpc) is 3.53. The van der Waals surface area contributed by atoms with Gasteiger partial charge in [0.05, 0.1) is 0 Å². The largest absolute Gasteiger partial charge is 0.455 e. The number of halogens is 1. The predicted molar refractivity (Wildman–Crippen MR) is 200 cm³/mol. The topological polar surface area (TPSA) is 13.1 Å². The third-order valence-electron chi connectivity index (χ3n) is 9.92. The van der Waals surface area contributed by atoms with E-state index in [1.54, 1.807) is 0 Å². The zero-order valence-electron chi connectivity index (χ0n) is 25.9. The molecule has 2 heteroatoms. The van der Waals surface area contributed by atoms with Gasteiger partial charge in [-0.3, -0.25) is 0 Å². The van der Waals surface area contributed by atoms with Gasteiger partial charge in [0.25, 0.3) is 0 Å². The Bertz CT molecular complexity index is 2780. The molecule has 0 radical (unpaired) electrons. The van der Waals surface area contributed by atoms with E-state index in [0.29, 0.717) is 10.8 Å². The van der Waals surface area contributed by atoms with Crippen molar-refractivity contribution in [2.45, 2.75) is 0 Å². The molecule has 0 amide bonds. The lowest BCUT2D eigenvalue weighted by Crippen LogP contribution is -1.90. The minimum atomic E-state index is -0.191. The second kappa shape index (κ2) is 10.4. The molecule has 0 unspecified atom stereocenters. The summed E-state index contributed by atoms with van der Waals surface area (Å²) in [7, 11) is 0. The Morgan fingerprint density at radius 2 is 0.792 bits per heavy atom. The molecule has 0 aliphatic rings. The third-order valence-corrected chi connectivity index (χ3v) is 9.92. The minimum Gasteiger partial charge on any atom is -0.455 e. The molecule has 10 aromatic rings. The fraction of sp³-hybridized carbons (Fsp3) is 0. The summed E-state index contributed by atoms with van der Waals surface area (Å²) < 4.78 is 22.6. The van der Waals surface area contributed by atoms with E-state index in [1.165, 1.54) is 38.2 Å². The highest BCUT2D eigenvalue weighted by Crippen LogP contribution is 2.46. The van der Waals surface area contributed by atoms with Crippen LogP contribution >= 0.6 is 0 Å². The summed E-state index contributed by atoms with van der Waals surface area (Å²) in [4.78, 5) is 0. The highest BCUT2D eigenvalue weighted by molar-refractivity contribution is 6.23. The summed E-state index contributed by atoms with van der Waals surface area (Å²) in [5.41, 5.74) is 8.33. The molecule has 0 aliphatic heterocycles. The molecule has 224 valence electrons. The maximum Gasteiger partial charge on any atom is 0.143 e. The second-order valence-electron chi connectivity index (χ2n) is 12.5. The van der Waals surface area contributed by atoms with Crippen LogP contribution in [-0.4, -0.2) is 0 Å². The first-order chi connectivity index (χ1) is 23.8. The van der Waals surface area contributed by atoms with E-state index < -0.39 is 0 Å². The van der Waals surface area contributed by atoms with Crippen LogP contribution in [0.2, 0.25) is 0 Å². The summed E-state index contributed by atoms with van der Waals surface area (Å²) >= 11 is 0. The van der Waals surface area contributed by atoms with Crippen LogP contribution in [0.5, 0.6) is 0 Å². The molecule has 9 aromatic carbocycles. The van der Waals surface area contributed by atoms with Gasteiger partial charge in [0.15, 0.2) is 0 Å². The Morgan fingerprint density at radius 1 is 0.333 bits per heavy atom. The molecular weight excluding hydrogens is 588 g/mol. The summed E-state index contributed by atoms with van der Waals surface area (Å²) in [6, 6.07) is 56.5. The van der Waals surface area contributed by atoms with Crippen LogP contribution in [0.15, 0.2) is 168 Å². The Hall–Kier alpha value is -6.25. The molecule has 1 nitrogen and oxygen atoms in total. The quantitative estimate of drug-likeness (QED) is 0.181. The SMILES string of the molecule is Fc1c2ccccc2c(-c2cccc3c2oc2cc(-c4c5ccccc5c(-c5ccccc5)c5ccccc45)ccc23)c2ccccc12. The molecule has 0 bridgehead atoms. The van der Waals surface area contributed by atoms with Gasteiger partial charge in [-0.25, -0.2) is 4.39 Å². The van der Waals surface area contributed by atoms with Crippen molar-refractivity contribution in [1.29, 1.82) is 0 Å². The van der Waals surface area contributed by atoms with Crippen molar-refractivity contribution < 1.29 is 8.81 Å². The van der Waals surface area contributed by atoms with Gasteiger partial charge in [0.2, 0.25) is 0 Å². The Labute approximate surface area is 276 Å². The molecule has 0 spiro atoms. The Balaban J connectivity index is 1.26. The van der Waals surface area contributed by atoms with E-state index in [9.17, 15) is 0 Å². The first kappa shape index (κ1) is 26.9. The first-order valence-corrected chi connectivity index (χ1v) is 16.3. The molecule has 0 atom stereocenters. The monoisotopic (exact) mass is 614 g/mol. The van der Waals surface area contributed by atoms with Crippen molar-refractivity contribution in [2.24, 2.45) is 0 Å². The van der Waals surface area contributed by atoms with Crippen molar-refractivity contribution in [2.75, 3.05) is 0 Å². The van der Waals surface area contributed by atoms with Crippen molar-refractivity contribution in [1.82, 2.24) is 0 Å². The van der Waals surface area contributed by atoms with Crippen LogP contribution in [0, 0.1) is 5.82 Å². The first-order valence-electron chi connectivity index (χ1n) is 16.3. The lowest BCUT2D eigenvalue weighted by Gasteiger charge is -2.17. The van der Waals surface area contributed by atoms with Crippen LogP contribution in [0.4, 0.5) is 4.39 Å². The highest BCUT2D eigenvalue weighted by atomic mass is 19.1. The number of benzene rings is 9. The van der Waals surface area contributed by atoms with Crippen LogP contribution in [-0.2, 0) is 0 Å². The van der Waals surface area contributed by atoms with E-state index in [0.717, 1.165) is 49.4 Å². The molecule has 0 saturated heterocycles. The zero-order valence-corrected chi connectivity index (χ0v) is 25.9. The number of furan rings is 1. The fourth-order valence-corrected chi connectivity index (χ4v) is 7.87. The smallest absolute Gasteiger partial charge is 0.143 e. The van der Waals surface area contributed by atoms with E-state index in [1.807, 2.05) is 48.5 Å². The minimum absolute atomic E-state index is 0.191. The molecule has 0 aliphatic carbocycles. The predicted octanol–water partition coefficient (Wildman–Crippen LogP) is 13.3. The van der Waals surface area contributed by atoms with E-state index >= 15 is 4.39 Å². The Kier molecular flexibility index (Phi) is 5.82. The van der Waals surface area contributed by atoms with Crippen LogP contribution < -0.4 is 0 Å². The number of hydrogen-bond acceptors (Lipinski definition) is 1. The van der Waals surface area contributed by atoms with E-state index in [-0.39, 0.29) is 5.82 Å². The van der Waals surface area contributed by atoms with Crippen molar-refractivity contribution in [3.63, 3.8) is 0 Å². The molecule has 10 rings (SSSR count). The summed E-state index contributed by atoms with van der Waals surface area (Å²) in [6.07, 6.45) is 0. The number of hydrogen-bond donors (Lipinski definition) is 0. The fourth-order valence-electron chi connectivity index (χ4n) is 7.87. The maximum atomic E-state index is 15.8. The average molecular weight is 615 g/mol. The Morgan fingerprint density at radius 3 is 1.35 bits per heavy atom. The third kappa shape index (κ3) is 3.84. The number of fused-ring (bicyclic) bond motifs is 7. The highest BCUT2D eigenvalue weighted by Gasteiger charge is 2.21. The molecule has 1 aromatic heterocycles. The van der Waals surface area contributed by atoms with Gasteiger partial charge < -0.3 is 4.42 Å². The van der Waals surface area contributed by atoms with Gasteiger partial charge in [0, 0.05) is 32.7 Å². The standard InChI is InChI=1S/C46H27FO/c47-45-37-21-10-8-19-35(37)44(36-20-9-11-22-38(36)45)40-24-12-23-39-30-26-25-29(27-41(30)48-46(39)40)43-33-17-6-4-15-31(33)42(28-13-2-1-3-14-28)32-16-5-7-18-34(32)43/h1-27H.